The summed E-state index contributed by atoms with van der Waals surface area (Å²) in [6, 6.07) is 8.77. The summed E-state index contributed by atoms with van der Waals surface area (Å²) >= 11 is 1.57. The highest BCUT2D eigenvalue weighted by Crippen LogP contribution is 2.28. The van der Waals surface area contributed by atoms with Crippen molar-refractivity contribution in [2.45, 2.75) is 0 Å². The Hall–Kier alpha value is -1.35. The van der Waals surface area contributed by atoms with Gasteiger partial charge in [0.1, 0.15) is 5.75 Å². The molecule has 0 atom stereocenters. The van der Waals surface area contributed by atoms with E-state index >= 15 is 0 Å². The molecule has 0 fully saturated rings. The van der Waals surface area contributed by atoms with Crippen LogP contribution in [0.2, 0.25) is 0 Å². The molecule has 13 heavy (non-hydrogen) atoms. The summed E-state index contributed by atoms with van der Waals surface area (Å²) < 4.78 is 5.20. The van der Waals surface area contributed by atoms with E-state index in [0.29, 0.717) is 0 Å². The highest BCUT2D eigenvalue weighted by atomic mass is 32.1. The Balaban J connectivity index is 2.51. The molecule has 1 aromatic heterocycles. The number of hydrogen-bond donors (Lipinski definition) is 0. The van der Waals surface area contributed by atoms with E-state index in [9.17, 15) is 0 Å². The number of nitrogens with zero attached hydrogens (tertiary/aromatic N) is 1. The Morgan fingerprint density at radius 2 is 2.46 bits per heavy atom. The maximum absolute atomic E-state index is 5.20. The largest absolute Gasteiger partial charge is 0.496 e. The van der Waals surface area contributed by atoms with Crippen molar-refractivity contribution in [2.24, 2.45) is 0 Å². The zero-order valence-corrected chi connectivity index (χ0v) is 7.97. The van der Waals surface area contributed by atoms with Crippen LogP contribution in [0.3, 0.4) is 0 Å². The number of rotatable bonds is 2. The van der Waals surface area contributed by atoms with Crippen molar-refractivity contribution in [3.8, 4) is 17.0 Å². The van der Waals surface area contributed by atoms with Crippen LogP contribution in [-0.4, -0.2) is 12.1 Å². The molecule has 0 aliphatic carbocycles. The van der Waals surface area contributed by atoms with E-state index < -0.39 is 0 Å². The lowest BCUT2D eigenvalue weighted by atomic mass is 10.1. The molecule has 1 heterocycles. The van der Waals surface area contributed by atoms with E-state index in [2.05, 4.69) is 11.1 Å². The van der Waals surface area contributed by atoms with E-state index in [-0.39, 0.29) is 0 Å². The van der Waals surface area contributed by atoms with Gasteiger partial charge in [-0.15, -0.1) is 11.3 Å². The van der Waals surface area contributed by atoms with Crippen LogP contribution in [0.25, 0.3) is 11.3 Å². The molecule has 0 aliphatic rings. The van der Waals surface area contributed by atoms with Gasteiger partial charge in [-0.25, -0.2) is 4.98 Å². The summed E-state index contributed by atoms with van der Waals surface area (Å²) in [6.07, 6.45) is 0. The summed E-state index contributed by atoms with van der Waals surface area (Å²) in [5.74, 6) is 0.813. The third-order valence-electron chi connectivity index (χ3n) is 1.73. The van der Waals surface area contributed by atoms with Crippen LogP contribution >= 0.6 is 11.3 Å². The molecule has 0 saturated heterocycles. The maximum atomic E-state index is 5.20. The lowest BCUT2D eigenvalue weighted by Gasteiger charge is -2.03. The van der Waals surface area contributed by atoms with Crippen molar-refractivity contribution < 1.29 is 4.74 Å². The van der Waals surface area contributed by atoms with E-state index in [1.165, 1.54) is 0 Å². The SMILES string of the molecule is COc1ccc[c]c1-c1cscn1. The molecule has 65 valence electrons. The van der Waals surface area contributed by atoms with Gasteiger partial charge in [-0.2, -0.15) is 0 Å². The molecule has 0 aliphatic heterocycles. The molecule has 0 spiro atoms. The predicted molar refractivity (Wildman–Crippen MR) is 52.9 cm³/mol. The quantitative estimate of drug-likeness (QED) is 0.726. The summed E-state index contributed by atoms with van der Waals surface area (Å²) in [5.41, 5.74) is 3.64. The third kappa shape index (κ3) is 1.55. The highest BCUT2D eigenvalue weighted by Gasteiger charge is 2.05. The molecule has 1 aromatic carbocycles. The van der Waals surface area contributed by atoms with Crippen molar-refractivity contribution in [3.63, 3.8) is 0 Å². The summed E-state index contributed by atoms with van der Waals surface area (Å²) in [6.45, 7) is 0. The minimum Gasteiger partial charge on any atom is -0.496 e. The zero-order chi connectivity index (χ0) is 9.10. The van der Waals surface area contributed by atoms with Gasteiger partial charge in [0.25, 0.3) is 0 Å². The van der Waals surface area contributed by atoms with Crippen LogP contribution in [0.4, 0.5) is 0 Å². The molecule has 3 heteroatoms. The number of methoxy groups -OCH3 is 1. The first kappa shape index (κ1) is 8.26. The monoisotopic (exact) mass is 190 g/mol. The maximum Gasteiger partial charge on any atom is 0.128 e. The van der Waals surface area contributed by atoms with Crippen molar-refractivity contribution in [2.75, 3.05) is 7.11 Å². The Morgan fingerprint density at radius 3 is 3.15 bits per heavy atom. The minimum absolute atomic E-state index is 0.813. The third-order valence-corrected chi connectivity index (χ3v) is 2.31. The van der Waals surface area contributed by atoms with Crippen molar-refractivity contribution in [1.29, 1.82) is 0 Å². The fraction of sp³-hybridized carbons (Fsp3) is 0.100. The fourth-order valence-corrected chi connectivity index (χ4v) is 1.67. The van der Waals surface area contributed by atoms with Gasteiger partial charge in [0.15, 0.2) is 0 Å². The number of thiazole rings is 1. The molecule has 0 saturated carbocycles. The van der Waals surface area contributed by atoms with Crippen LogP contribution in [0.5, 0.6) is 5.75 Å². The van der Waals surface area contributed by atoms with Crippen LogP contribution < -0.4 is 4.74 Å². The first-order chi connectivity index (χ1) is 6.42. The van der Waals surface area contributed by atoms with Crippen LogP contribution in [0.15, 0.2) is 29.1 Å². The standard InChI is InChI=1S/C10H8NOS/c1-12-10-5-3-2-4-8(10)9-6-13-7-11-9/h2-3,5-7H,1H3. The van der Waals surface area contributed by atoms with Crippen molar-refractivity contribution in [3.05, 3.63) is 35.2 Å². The smallest absolute Gasteiger partial charge is 0.128 e. The summed E-state index contributed by atoms with van der Waals surface area (Å²) in [5, 5.41) is 1.98. The van der Waals surface area contributed by atoms with E-state index in [1.807, 2.05) is 23.6 Å². The van der Waals surface area contributed by atoms with Gasteiger partial charge in [0.05, 0.1) is 23.9 Å². The van der Waals surface area contributed by atoms with E-state index in [0.717, 1.165) is 17.0 Å². The van der Waals surface area contributed by atoms with Crippen LogP contribution in [0, 0.1) is 6.07 Å². The molecular weight excluding hydrogens is 182 g/mol. The first-order valence-electron chi connectivity index (χ1n) is 3.85. The van der Waals surface area contributed by atoms with Gasteiger partial charge < -0.3 is 4.74 Å². The minimum atomic E-state index is 0.813. The molecule has 2 rings (SSSR count). The molecule has 1 radical (unpaired) electrons. The second kappa shape index (κ2) is 3.58. The van der Waals surface area contributed by atoms with Gasteiger partial charge in [0.2, 0.25) is 0 Å². The molecule has 2 nitrogen and oxygen atoms in total. The van der Waals surface area contributed by atoms with Crippen LogP contribution in [0.1, 0.15) is 0 Å². The molecular formula is C10H8NOS. The second-order valence-electron chi connectivity index (χ2n) is 2.49. The lowest BCUT2D eigenvalue weighted by molar-refractivity contribution is 0.416. The van der Waals surface area contributed by atoms with Crippen molar-refractivity contribution in [1.82, 2.24) is 4.98 Å². The first-order valence-corrected chi connectivity index (χ1v) is 4.79. The van der Waals surface area contributed by atoms with Crippen LogP contribution in [-0.2, 0) is 0 Å². The van der Waals surface area contributed by atoms with Gasteiger partial charge in [-0.05, 0) is 12.1 Å². The predicted octanol–water partition coefficient (Wildman–Crippen LogP) is 2.62. The highest BCUT2D eigenvalue weighted by molar-refractivity contribution is 7.07. The average Bonchev–Trinajstić information content (AvgIpc) is 2.70. The Labute approximate surface area is 80.8 Å². The molecule has 0 bridgehead atoms. The molecule has 0 N–H and O–H groups in total. The topological polar surface area (TPSA) is 22.1 Å². The summed E-state index contributed by atoms with van der Waals surface area (Å²) in [4.78, 5) is 4.20. The summed E-state index contributed by atoms with van der Waals surface area (Å²) in [7, 11) is 1.65. The number of benzene rings is 1. The molecule has 0 unspecified atom stereocenters. The normalized spacial score (nSPS) is 9.92. The van der Waals surface area contributed by atoms with Gasteiger partial charge in [0, 0.05) is 5.38 Å². The number of aromatic nitrogens is 1. The molecule has 0 amide bonds. The molecule has 2 aromatic rings. The van der Waals surface area contributed by atoms with E-state index in [1.54, 1.807) is 24.0 Å². The van der Waals surface area contributed by atoms with E-state index in [4.69, 9.17) is 4.74 Å². The zero-order valence-electron chi connectivity index (χ0n) is 7.15. The fourth-order valence-electron chi connectivity index (χ4n) is 1.13. The van der Waals surface area contributed by atoms with Gasteiger partial charge >= 0.3 is 0 Å². The second-order valence-corrected chi connectivity index (χ2v) is 3.21. The average molecular weight is 190 g/mol. The number of hydrogen-bond acceptors (Lipinski definition) is 3. The number of ether oxygens (including phenoxy) is 1. The lowest BCUT2D eigenvalue weighted by Crippen LogP contribution is -1.87. The Bertz CT molecular complexity index is 384. The van der Waals surface area contributed by atoms with Crippen molar-refractivity contribution >= 4 is 11.3 Å². The Morgan fingerprint density at radius 1 is 1.54 bits per heavy atom. The van der Waals surface area contributed by atoms with Gasteiger partial charge in [-0.3, -0.25) is 0 Å². The Kier molecular flexibility index (Phi) is 2.27. The van der Waals surface area contributed by atoms with Gasteiger partial charge in [-0.1, -0.05) is 12.1 Å².